The van der Waals surface area contributed by atoms with Crippen molar-refractivity contribution in [1.82, 2.24) is 5.32 Å². The lowest BCUT2D eigenvalue weighted by molar-refractivity contribution is 0.474. The van der Waals surface area contributed by atoms with Crippen molar-refractivity contribution in [3.63, 3.8) is 0 Å². The molecule has 1 heterocycles. The minimum absolute atomic E-state index is 0.608. The van der Waals surface area contributed by atoms with Crippen LogP contribution in [-0.4, -0.2) is 12.6 Å². The van der Waals surface area contributed by atoms with Crippen molar-refractivity contribution in [2.75, 3.05) is 6.54 Å². The minimum atomic E-state index is 0.608. The van der Waals surface area contributed by atoms with Crippen molar-refractivity contribution in [2.24, 2.45) is 0 Å². The van der Waals surface area contributed by atoms with Gasteiger partial charge in [-0.15, -0.1) is 0 Å². The third-order valence-electron chi connectivity index (χ3n) is 5.68. The molecule has 0 bridgehead atoms. The maximum Gasteiger partial charge on any atom is 0.0322 e. The molecular weight excluding hydrogens is 314 g/mol. The van der Waals surface area contributed by atoms with Gasteiger partial charge in [-0.3, -0.25) is 0 Å². The molecule has 2 aromatic rings. The van der Waals surface area contributed by atoms with Gasteiger partial charge in [-0.2, -0.15) is 0 Å². The fraction of sp³-hybridized carbons (Fsp3) is 0.440. The highest BCUT2D eigenvalue weighted by molar-refractivity contribution is 5.29. The molecule has 0 fully saturated rings. The second kappa shape index (κ2) is 9.73. The van der Waals surface area contributed by atoms with E-state index in [0.717, 1.165) is 6.42 Å². The van der Waals surface area contributed by atoms with Crippen LogP contribution < -0.4 is 5.32 Å². The zero-order valence-corrected chi connectivity index (χ0v) is 16.4. The van der Waals surface area contributed by atoms with Gasteiger partial charge in [0.25, 0.3) is 0 Å². The second-order valence-electron chi connectivity index (χ2n) is 7.62. The summed E-state index contributed by atoms with van der Waals surface area (Å²) in [5, 5.41) is 3.72. The van der Waals surface area contributed by atoms with Crippen LogP contribution in [0.3, 0.4) is 0 Å². The summed E-state index contributed by atoms with van der Waals surface area (Å²) in [6.07, 6.45) is 9.10. The number of aryl methyl sites for hydroxylation is 2. The molecule has 1 nitrogen and oxygen atoms in total. The highest BCUT2D eigenvalue weighted by Gasteiger charge is 2.24. The van der Waals surface area contributed by atoms with E-state index in [0.29, 0.717) is 6.04 Å². The third kappa shape index (κ3) is 5.32. The van der Waals surface area contributed by atoms with Crippen molar-refractivity contribution in [3.05, 3.63) is 82.4 Å². The molecule has 0 saturated carbocycles. The smallest absolute Gasteiger partial charge is 0.0322 e. The Hall–Kier alpha value is -1.86. The second-order valence-corrected chi connectivity index (χ2v) is 7.62. The molecule has 0 aromatic heterocycles. The Morgan fingerprint density at radius 1 is 0.846 bits per heavy atom. The van der Waals surface area contributed by atoms with Gasteiger partial charge in [0.2, 0.25) is 0 Å². The highest BCUT2D eigenvalue weighted by Crippen LogP contribution is 2.32. The molecule has 2 aromatic carbocycles. The summed E-state index contributed by atoms with van der Waals surface area (Å²) in [7, 11) is 0. The summed E-state index contributed by atoms with van der Waals surface area (Å²) in [4.78, 5) is 0. The lowest BCUT2D eigenvalue weighted by Crippen LogP contribution is -2.39. The summed E-state index contributed by atoms with van der Waals surface area (Å²) in [5.41, 5.74) is 7.75. The van der Waals surface area contributed by atoms with Crippen molar-refractivity contribution in [3.8, 4) is 0 Å². The quantitative estimate of drug-likeness (QED) is 0.670. The van der Waals surface area contributed by atoms with Gasteiger partial charge < -0.3 is 5.32 Å². The summed E-state index contributed by atoms with van der Waals surface area (Å²) in [6, 6.07) is 20.1. The molecular formula is C25H33N. The van der Waals surface area contributed by atoms with Crippen LogP contribution in [0.5, 0.6) is 0 Å². The van der Waals surface area contributed by atoms with Crippen LogP contribution in [0.1, 0.15) is 55.7 Å². The molecule has 138 valence electrons. The van der Waals surface area contributed by atoms with E-state index in [4.69, 9.17) is 0 Å². The Morgan fingerprint density at radius 3 is 2.27 bits per heavy atom. The van der Waals surface area contributed by atoms with Gasteiger partial charge in [0.1, 0.15) is 0 Å². The Bertz CT molecular complexity index is 693. The molecule has 4 rings (SSSR count). The van der Waals surface area contributed by atoms with Crippen LogP contribution in [0.25, 0.3) is 0 Å². The van der Waals surface area contributed by atoms with E-state index in [1.807, 2.05) is 6.07 Å². The molecule has 1 aliphatic heterocycles. The molecule has 0 amide bonds. The zero-order chi connectivity index (χ0) is 18.2. The monoisotopic (exact) mass is 347 g/mol. The first-order valence-electron chi connectivity index (χ1n) is 10.3. The molecule has 1 unspecified atom stereocenters. The summed E-state index contributed by atoms with van der Waals surface area (Å²) < 4.78 is 0. The predicted molar refractivity (Wildman–Crippen MR) is 113 cm³/mol. The van der Waals surface area contributed by atoms with E-state index in [1.54, 1.807) is 11.1 Å². The largest absolute Gasteiger partial charge is 0.310 e. The number of nitrogens with one attached hydrogen (secondary N) is 1. The van der Waals surface area contributed by atoms with Crippen molar-refractivity contribution >= 4 is 0 Å². The molecule has 1 aliphatic carbocycles. The highest BCUT2D eigenvalue weighted by atomic mass is 14.9. The Labute approximate surface area is 159 Å². The van der Waals surface area contributed by atoms with Crippen LogP contribution in [0.15, 0.2) is 65.7 Å². The van der Waals surface area contributed by atoms with Gasteiger partial charge in [0.05, 0.1) is 0 Å². The average molecular weight is 348 g/mol. The van der Waals surface area contributed by atoms with Crippen LogP contribution in [0.2, 0.25) is 0 Å². The maximum atomic E-state index is 3.72. The molecule has 2 aliphatic rings. The van der Waals surface area contributed by atoms with E-state index in [2.05, 4.69) is 67.7 Å². The molecule has 26 heavy (non-hydrogen) atoms. The van der Waals surface area contributed by atoms with Crippen molar-refractivity contribution in [2.45, 2.75) is 64.8 Å². The molecule has 1 N–H and O–H groups in total. The van der Waals surface area contributed by atoms with Crippen molar-refractivity contribution < 1.29 is 0 Å². The van der Waals surface area contributed by atoms with E-state index < -0.39 is 0 Å². The lowest BCUT2D eigenvalue weighted by atomic mass is 9.81. The maximum absolute atomic E-state index is 3.72. The standard InChI is InChI=1S/C17H23N.C8H10/c1-13-6-8-14(9-7-13)12-17-16-5-3-2-4-15(16)10-11-18-17;1-2-8-6-4-3-5-7-8/h6-9,17-18H,2-5,10-12H2,1H3;3-7H,2H2,1H3. The predicted octanol–water partition coefficient (Wildman–Crippen LogP) is 6.02. The van der Waals surface area contributed by atoms with Gasteiger partial charge in [-0.1, -0.05) is 78.2 Å². The zero-order valence-electron chi connectivity index (χ0n) is 16.4. The summed E-state index contributed by atoms with van der Waals surface area (Å²) >= 11 is 0. The molecule has 0 saturated heterocycles. The molecule has 1 heteroatoms. The topological polar surface area (TPSA) is 12.0 Å². The fourth-order valence-electron chi connectivity index (χ4n) is 4.09. The summed E-state index contributed by atoms with van der Waals surface area (Å²) in [5.74, 6) is 0. The van der Waals surface area contributed by atoms with Gasteiger partial charge >= 0.3 is 0 Å². The summed E-state index contributed by atoms with van der Waals surface area (Å²) in [6.45, 7) is 5.50. The first kappa shape index (κ1) is 18.9. The number of hydrogen-bond donors (Lipinski definition) is 1. The van der Waals surface area contributed by atoms with Crippen LogP contribution in [0.4, 0.5) is 0 Å². The van der Waals surface area contributed by atoms with Gasteiger partial charge in [-0.25, -0.2) is 0 Å². The Kier molecular flexibility index (Phi) is 7.08. The average Bonchev–Trinajstić information content (AvgIpc) is 2.71. The van der Waals surface area contributed by atoms with Gasteiger partial charge in [0, 0.05) is 6.04 Å². The first-order valence-corrected chi connectivity index (χ1v) is 10.3. The van der Waals surface area contributed by atoms with Crippen LogP contribution >= 0.6 is 0 Å². The Morgan fingerprint density at radius 2 is 1.58 bits per heavy atom. The number of rotatable bonds is 3. The first-order chi connectivity index (χ1) is 12.8. The van der Waals surface area contributed by atoms with Gasteiger partial charge in [-0.05, 0) is 69.5 Å². The minimum Gasteiger partial charge on any atom is -0.310 e. The van der Waals surface area contributed by atoms with E-state index in [9.17, 15) is 0 Å². The van der Waals surface area contributed by atoms with E-state index >= 15 is 0 Å². The van der Waals surface area contributed by atoms with E-state index in [1.165, 1.54) is 61.8 Å². The van der Waals surface area contributed by atoms with Gasteiger partial charge in [0.15, 0.2) is 0 Å². The number of hydrogen-bond acceptors (Lipinski definition) is 1. The van der Waals surface area contributed by atoms with E-state index in [-0.39, 0.29) is 0 Å². The van der Waals surface area contributed by atoms with Crippen LogP contribution in [-0.2, 0) is 12.8 Å². The van der Waals surface area contributed by atoms with Crippen LogP contribution in [0, 0.1) is 6.92 Å². The molecule has 1 atom stereocenters. The lowest BCUT2D eigenvalue weighted by Gasteiger charge is -2.33. The normalized spacial score (nSPS) is 19.4. The Balaban J connectivity index is 0.000000206. The van der Waals surface area contributed by atoms with Crippen molar-refractivity contribution in [1.29, 1.82) is 0 Å². The number of benzene rings is 2. The molecule has 0 radical (unpaired) electrons. The molecule has 0 spiro atoms. The fourth-order valence-corrected chi connectivity index (χ4v) is 4.09. The third-order valence-corrected chi connectivity index (χ3v) is 5.68. The SMILES string of the molecule is CCc1ccccc1.Cc1ccc(CC2NCCC3=C2CCCC3)cc1.